The minimum absolute atomic E-state index is 0.228. The van der Waals surface area contributed by atoms with E-state index in [-0.39, 0.29) is 11.9 Å². The first-order valence-corrected chi connectivity index (χ1v) is 7.08. The summed E-state index contributed by atoms with van der Waals surface area (Å²) >= 11 is 0. The minimum atomic E-state index is -4.03. The summed E-state index contributed by atoms with van der Waals surface area (Å²) in [6.07, 6.45) is 4.38. The van der Waals surface area contributed by atoms with E-state index in [2.05, 4.69) is 19.9 Å². The molecule has 0 atom stereocenters. The Kier molecular flexibility index (Phi) is 2.63. The quantitative estimate of drug-likeness (QED) is 0.839. The molecule has 1 saturated carbocycles. The molecule has 1 aliphatic carbocycles. The number of aromatic nitrogens is 3. The zero-order chi connectivity index (χ0) is 13.5. The van der Waals surface area contributed by atoms with Crippen LogP contribution in [0.4, 0.5) is 6.01 Å². The van der Waals surface area contributed by atoms with Crippen LogP contribution in [-0.4, -0.2) is 23.6 Å². The van der Waals surface area contributed by atoms with Gasteiger partial charge in [-0.2, -0.15) is 0 Å². The van der Waals surface area contributed by atoms with Crippen molar-refractivity contribution in [3.63, 3.8) is 0 Å². The van der Waals surface area contributed by atoms with Crippen LogP contribution in [0.5, 0.6) is 0 Å². The SMILES string of the molecule is O=c1cc[nH]cc1S(=O)(=O)Nc1nnc(C2CC2)o1. The molecule has 100 valence electrons. The average molecular weight is 282 g/mol. The monoisotopic (exact) mass is 282 g/mol. The summed E-state index contributed by atoms with van der Waals surface area (Å²) in [4.78, 5) is 13.6. The third-order valence-electron chi connectivity index (χ3n) is 2.67. The van der Waals surface area contributed by atoms with Crippen molar-refractivity contribution in [1.29, 1.82) is 0 Å². The predicted molar refractivity (Wildman–Crippen MR) is 64.1 cm³/mol. The van der Waals surface area contributed by atoms with E-state index in [4.69, 9.17) is 4.42 Å². The van der Waals surface area contributed by atoms with Gasteiger partial charge >= 0.3 is 6.01 Å². The van der Waals surface area contributed by atoms with Crippen LogP contribution in [0.3, 0.4) is 0 Å². The summed E-state index contributed by atoms with van der Waals surface area (Å²) < 4.78 is 31.2. The Hall–Kier alpha value is -2.16. The Labute approximate surface area is 107 Å². The lowest BCUT2D eigenvalue weighted by Gasteiger charge is -2.02. The van der Waals surface area contributed by atoms with E-state index in [1.54, 1.807) is 0 Å². The Morgan fingerprint density at radius 3 is 2.84 bits per heavy atom. The van der Waals surface area contributed by atoms with E-state index >= 15 is 0 Å². The maximum absolute atomic E-state index is 12.0. The van der Waals surface area contributed by atoms with Crippen LogP contribution >= 0.6 is 0 Å². The first-order chi connectivity index (χ1) is 9.06. The lowest BCUT2D eigenvalue weighted by molar-refractivity contribution is 0.510. The van der Waals surface area contributed by atoms with Gasteiger partial charge in [-0.15, -0.1) is 5.10 Å². The normalized spacial score (nSPS) is 15.4. The van der Waals surface area contributed by atoms with Crippen molar-refractivity contribution in [2.45, 2.75) is 23.7 Å². The summed E-state index contributed by atoms with van der Waals surface area (Å²) in [6, 6.07) is 0.892. The highest BCUT2D eigenvalue weighted by atomic mass is 32.2. The van der Waals surface area contributed by atoms with Gasteiger partial charge in [-0.1, -0.05) is 5.10 Å². The van der Waals surface area contributed by atoms with Crippen LogP contribution in [0.1, 0.15) is 24.7 Å². The summed E-state index contributed by atoms with van der Waals surface area (Å²) in [6.45, 7) is 0. The zero-order valence-corrected chi connectivity index (χ0v) is 10.5. The molecule has 0 amide bonds. The largest absolute Gasteiger partial charge is 0.407 e. The third-order valence-corrected chi connectivity index (χ3v) is 4.01. The molecule has 0 spiro atoms. The highest BCUT2D eigenvalue weighted by Gasteiger charge is 2.30. The fourth-order valence-electron chi connectivity index (χ4n) is 1.55. The molecule has 9 heteroatoms. The molecule has 0 unspecified atom stereocenters. The topological polar surface area (TPSA) is 118 Å². The summed E-state index contributed by atoms with van der Waals surface area (Å²) in [5, 5.41) is 7.35. The van der Waals surface area contributed by atoms with Gasteiger partial charge in [0.15, 0.2) is 4.90 Å². The Morgan fingerprint density at radius 2 is 2.16 bits per heavy atom. The molecule has 2 aromatic rings. The summed E-state index contributed by atoms with van der Waals surface area (Å²) in [5.74, 6) is 0.644. The van der Waals surface area contributed by atoms with Crippen LogP contribution in [0.25, 0.3) is 0 Å². The molecule has 0 bridgehead atoms. The van der Waals surface area contributed by atoms with Gasteiger partial charge in [0, 0.05) is 24.4 Å². The van der Waals surface area contributed by atoms with Crippen LogP contribution in [0, 0.1) is 0 Å². The molecular weight excluding hydrogens is 272 g/mol. The zero-order valence-electron chi connectivity index (χ0n) is 9.66. The second kappa shape index (κ2) is 4.19. The molecule has 8 nitrogen and oxygen atoms in total. The average Bonchev–Trinajstić information content (AvgIpc) is 3.11. The maximum Gasteiger partial charge on any atom is 0.329 e. The number of nitrogens with one attached hydrogen (secondary N) is 2. The highest BCUT2D eigenvalue weighted by Crippen LogP contribution is 2.39. The van der Waals surface area contributed by atoms with E-state index in [1.165, 1.54) is 6.20 Å². The second-order valence-electron chi connectivity index (χ2n) is 4.20. The van der Waals surface area contributed by atoms with E-state index in [9.17, 15) is 13.2 Å². The lowest BCUT2D eigenvalue weighted by atomic mass is 10.4. The number of hydrogen-bond acceptors (Lipinski definition) is 6. The van der Waals surface area contributed by atoms with Crippen LogP contribution in [0.2, 0.25) is 0 Å². The number of sulfonamides is 1. The van der Waals surface area contributed by atoms with Crippen molar-refractivity contribution in [3.8, 4) is 0 Å². The summed E-state index contributed by atoms with van der Waals surface area (Å²) in [5.41, 5.74) is -0.617. The molecule has 0 radical (unpaired) electrons. The van der Waals surface area contributed by atoms with E-state index < -0.39 is 20.3 Å². The number of rotatable bonds is 4. The van der Waals surface area contributed by atoms with E-state index in [1.807, 2.05) is 0 Å². The first kappa shape index (κ1) is 11.9. The molecule has 19 heavy (non-hydrogen) atoms. The molecule has 0 aromatic carbocycles. The van der Waals surface area contributed by atoms with Gasteiger partial charge in [0.1, 0.15) is 0 Å². The van der Waals surface area contributed by atoms with Gasteiger partial charge in [0.25, 0.3) is 10.0 Å². The molecule has 2 aromatic heterocycles. The molecule has 0 aliphatic heterocycles. The van der Waals surface area contributed by atoms with Gasteiger partial charge < -0.3 is 9.40 Å². The first-order valence-electron chi connectivity index (χ1n) is 5.59. The Morgan fingerprint density at radius 1 is 1.37 bits per heavy atom. The Balaban J connectivity index is 1.88. The van der Waals surface area contributed by atoms with Crippen molar-refractivity contribution in [2.24, 2.45) is 0 Å². The van der Waals surface area contributed by atoms with Gasteiger partial charge in [0.2, 0.25) is 11.3 Å². The van der Waals surface area contributed by atoms with E-state index in [0.29, 0.717) is 5.89 Å². The van der Waals surface area contributed by atoms with Gasteiger partial charge in [-0.05, 0) is 12.8 Å². The van der Waals surface area contributed by atoms with E-state index in [0.717, 1.165) is 25.1 Å². The smallest absolute Gasteiger partial charge is 0.329 e. The van der Waals surface area contributed by atoms with Gasteiger partial charge in [0.05, 0.1) is 0 Å². The summed E-state index contributed by atoms with van der Waals surface area (Å²) in [7, 11) is -4.03. The number of H-pyrrole nitrogens is 1. The predicted octanol–water partition coefficient (Wildman–Crippen LogP) is 0.436. The highest BCUT2D eigenvalue weighted by molar-refractivity contribution is 7.92. The molecular formula is C10H10N4O4S. The minimum Gasteiger partial charge on any atom is -0.407 e. The number of aromatic amines is 1. The maximum atomic E-state index is 12.0. The lowest BCUT2D eigenvalue weighted by Crippen LogP contribution is -2.21. The van der Waals surface area contributed by atoms with Crippen LogP contribution < -0.4 is 10.2 Å². The van der Waals surface area contributed by atoms with Crippen molar-refractivity contribution < 1.29 is 12.8 Å². The molecule has 1 fully saturated rings. The number of pyridine rings is 1. The van der Waals surface area contributed by atoms with Crippen molar-refractivity contribution in [1.82, 2.24) is 15.2 Å². The van der Waals surface area contributed by atoms with Gasteiger partial charge in [-0.25, -0.2) is 13.1 Å². The molecule has 3 rings (SSSR count). The second-order valence-corrected chi connectivity index (χ2v) is 5.85. The van der Waals surface area contributed by atoms with Crippen LogP contribution in [-0.2, 0) is 10.0 Å². The van der Waals surface area contributed by atoms with Crippen molar-refractivity contribution in [3.05, 3.63) is 34.6 Å². The van der Waals surface area contributed by atoms with Crippen molar-refractivity contribution >= 4 is 16.0 Å². The number of hydrogen-bond donors (Lipinski definition) is 2. The molecule has 1 aliphatic rings. The van der Waals surface area contributed by atoms with Crippen LogP contribution in [0.15, 0.2) is 32.6 Å². The third kappa shape index (κ3) is 2.36. The molecule has 0 saturated heterocycles. The fourth-order valence-corrected chi connectivity index (χ4v) is 2.53. The molecule has 2 N–H and O–H groups in total. The molecule has 2 heterocycles. The number of nitrogens with zero attached hydrogens (tertiary/aromatic N) is 2. The fraction of sp³-hybridized carbons (Fsp3) is 0.300. The van der Waals surface area contributed by atoms with Gasteiger partial charge in [-0.3, -0.25) is 4.79 Å². The number of anilines is 1. The van der Waals surface area contributed by atoms with Crippen molar-refractivity contribution in [2.75, 3.05) is 4.72 Å². The standard InChI is InChI=1S/C10H10N4O4S/c15-7-3-4-11-5-8(7)19(16,17)14-10-13-12-9(18-10)6-1-2-6/h3-6H,1-2H2,(H,11,15)(H,13,14). The Bertz CT molecular complexity index is 760.